The second-order valence-corrected chi connectivity index (χ2v) is 10.4. The zero-order valence-corrected chi connectivity index (χ0v) is 21.3. The summed E-state index contributed by atoms with van der Waals surface area (Å²) >= 11 is 1.52. The number of non-ortho nitro benzene ring substituents is 1. The maximum Gasteiger partial charge on any atom is 0.271 e. The molecule has 1 aliphatic heterocycles. The van der Waals surface area contributed by atoms with Crippen molar-refractivity contribution in [3.05, 3.63) is 91.7 Å². The Labute approximate surface area is 217 Å². The van der Waals surface area contributed by atoms with Gasteiger partial charge in [0, 0.05) is 40.9 Å². The summed E-state index contributed by atoms with van der Waals surface area (Å²) in [4.78, 5) is 31.0. The molecule has 0 radical (unpaired) electrons. The first-order valence-corrected chi connectivity index (χ1v) is 12.8. The van der Waals surface area contributed by atoms with Crippen LogP contribution in [0.2, 0.25) is 0 Å². The van der Waals surface area contributed by atoms with Gasteiger partial charge in [-0.15, -0.1) is 21.5 Å². The first-order valence-electron chi connectivity index (χ1n) is 11.9. The van der Waals surface area contributed by atoms with Crippen LogP contribution in [-0.2, 0) is 12.0 Å². The lowest BCUT2D eigenvalue weighted by molar-refractivity contribution is -0.384. The molecule has 4 aromatic rings. The van der Waals surface area contributed by atoms with Gasteiger partial charge in [0.2, 0.25) is 11.8 Å². The Hall–Kier alpha value is -3.96. The van der Waals surface area contributed by atoms with E-state index in [2.05, 4.69) is 15.2 Å². The molecule has 0 aliphatic carbocycles. The second kappa shape index (κ2) is 9.83. The van der Waals surface area contributed by atoms with Gasteiger partial charge in [-0.1, -0.05) is 30.3 Å². The van der Waals surface area contributed by atoms with Gasteiger partial charge in [-0.25, -0.2) is 4.98 Å². The number of benzene rings is 2. The molecule has 1 fully saturated rings. The topological polar surface area (TPSA) is 141 Å². The van der Waals surface area contributed by atoms with Crippen LogP contribution < -0.4 is 5.73 Å². The molecule has 2 aromatic heterocycles. The van der Waals surface area contributed by atoms with Gasteiger partial charge in [0.05, 0.1) is 16.5 Å². The minimum atomic E-state index is -0.958. The summed E-state index contributed by atoms with van der Waals surface area (Å²) in [6.45, 7) is 4.25. The minimum absolute atomic E-state index is 0.0611. The molecule has 1 saturated heterocycles. The molecule has 1 amide bonds. The Bertz CT molecular complexity index is 1450. The summed E-state index contributed by atoms with van der Waals surface area (Å²) in [6, 6.07) is 13.7. The van der Waals surface area contributed by atoms with Crippen LogP contribution in [0.5, 0.6) is 0 Å². The van der Waals surface area contributed by atoms with Crippen molar-refractivity contribution in [2.45, 2.75) is 44.7 Å². The van der Waals surface area contributed by atoms with Gasteiger partial charge in [0.15, 0.2) is 0 Å². The zero-order chi connectivity index (χ0) is 26.2. The first-order chi connectivity index (χ1) is 17.7. The Morgan fingerprint density at radius 3 is 2.76 bits per heavy atom. The molecule has 0 spiro atoms. The van der Waals surface area contributed by atoms with Crippen molar-refractivity contribution in [1.29, 1.82) is 0 Å². The van der Waals surface area contributed by atoms with Crippen LogP contribution in [0.25, 0.3) is 11.5 Å². The molecule has 2 atom stereocenters. The second-order valence-electron chi connectivity index (χ2n) is 9.50. The maximum atomic E-state index is 13.6. The summed E-state index contributed by atoms with van der Waals surface area (Å²) in [7, 11) is 0. The molecule has 10 nitrogen and oxygen atoms in total. The van der Waals surface area contributed by atoms with Crippen molar-refractivity contribution in [1.82, 2.24) is 20.1 Å². The number of nitrogens with two attached hydrogens (primary N) is 1. The SMILES string of the molecule is Cc1csc([C@H]2CCCN2C(=O)c2cc(-c3nnc([C@](C)(N)Cc4ccccc4)o3)cc([N+](=O)[O-])c2)n1. The Kier molecular flexibility index (Phi) is 6.57. The van der Waals surface area contributed by atoms with Crippen LogP contribution in [0.1, 0.15) is 58.3 Å². The van der Waals surface area contributed by atoms with E-state index in [1.54, 1.807) is 17.9 Å². The average Bonchev–Trinajstić information content (AvgIpc) is 3.64. The van der Waals surface area contributed by atoms with Gasteiger partial charge in [0.25, 0.3) is 11.6 Å². The number of carbonyl (C=O) groups excluding carboxylic acids is 1. The van der Waals surface area contributed by atoms with Gasteiger partial charge in [-0.3, -0.25) is 14.9 Å². The molecular weight excluding hydrogens is 492 g/mol. The number of rotatable bonds is 7. The van der Waals surface area contributed by atoms with Gasteiger partial charge >= 0.3 is 0 Å². The van der Waals surface area contributed by atoms with Crippen molar-refractivity contribution < 1.29 is 14.1 Å². The highest BCUT2D eigenvalue weighted by molar-refractivity contribution is 7.09. The molecule has 2 N–H and O–H groups in total. The van der Waals surface area contributed by atoms with E-state index in [1.165, 1.54) is 23.5 Å². The molecule has 11 heteroatoms. The fourth-order valence-electron chi connectivity index (χ4n) is 4.59. The number of nitro benzene ring substituents is 1. The van der Waals surface area contributed by atoms with Crippen LogP contribution in [0.3, 0.4) is 0 Å². The van der Waals surface area contributed by atoms with Crippen molar-refractivity contribution in [2.75, 3.05) is 6.54 Å². The number of aryl methyl sites for hydroxylation is 1. The van der Waals surface area contributed by atoms with Crippen molar-refractivity contribution in [3.63, 3.8) is 0 Å². The predicted molar refractivity (Wildman–Crippen MR) is 138 cm³/mol. The molecule has 2 aromatic carbocycles. The van der Waals surface area contributed by atoms with Crippen molar-refractivity contribution >= 4 is 22.9 Å². The number of carbonyl (C=O) groups is 1. The summed E-state index contributed by atoms with van der Waals surface area (Å²) in [6.07, 6.45) is 2.09. The zero-order valence-electron chi connectivity index (χ0n) is 20.5. The third-order valence-electron chi connectivity index (χ3n) is 6.39. The summed E-state index contributed by atoms with van der Waals surface area (Å²) in [5, 5.41) is 22.8. The number of nitro groups is 1. The van der Waals surface area contributed by atoms with Gasteiger partial charge in [0.1, 0.15) is 5.01 Å². The molecule has 0 saturated carbocycles. The molecule has 5 rings (SSSR count). The van der Waals surface area contributed by atoms with Crippen LogP contribution in [-0.4, -0.2) is 37.5 Å². The fraction of sp³-hybridized carbons (Fsp3) is 0.308. The highest BCUT2D eigenvalue weighted by Crippen LogP contribution is 2.36. The summed E-state index contributed by atoms with van der Waals surface area (Å²) in [5.74, 6) is -0.0386. The van der Waals surface area contributed by atoms with Gasteiger partial charge < -0.3 is 15.1 Å². The molecule has 0 bridgehead atoms. The standard InChI is InChI=1S/C26H26N6O4S/c1-16-15-37-23(28-16)21-9-6-10-31(21)24(33)19-11-18(12-20(13-19)32(34)35)22-29-30-25(36-22)26(2,27)14-17-7-4-3-5-8-17/h3-5,7-8,11-13,15,21H,6,9-10,14,27H2,1-2H3/t21-,26-/m1/s1. The molecule has 37 heavy (non-hydrogen) atoms. The number of thiazole rings is 1. The van der Waals surface area contributed by atoms with Crippen LogP contribution in [0.15, 0.2) is 58.3 Å². The Morgan fingerprint density at radius 2 is 2.05 bits per heavy atom. The number of likely N-dealkylation sites (tertiary alicyclic amines) is 1. The average molecular weight is 519 g/mol. The highest BCUT2D eigenvalue weighted by atomic mass is 32.1. The first kappa shape index (κ1) is 24.7. The predicted octanol–water partition coefficient (Wildman–Crippen LogP) is 4.80. The highest BCUT2D eigenvalue weighted by Gasteiger charge is 2.34. The minimum Gasteiger partial charge on any atom is -0.419 e. The van der Waals surface area contributed by atoms with E-state index in [4.69, 9.17) is 10.2 Å². The third kappa shape index (κ3) is 5.13. The van der Waals surface area contributed by atoms with E-state index in [9.17, 15) is 14.9 Å². The van der Waals surface area contributed by atoms with Crippen molar-refractivity contribution in [3.8, 4) is 11.5 Å². The van der Waals surface area contributed by atoms with E-state index >= 15 is 0 Å². The normalized spacial score (nSPS) is 17.1. The molecule has 190 valence electrons. The molecule has 0 unspecified atom stereocenters. The lowest BCUT2D eigenvalue weighted by Gasteiger charge is -2.23. The van der Waals surface area contributed by atoms with Gasteiger partial charge in [-0.2, -0.15) is 0 Å². The van der Waals surface area contributed by atoms with E-state index in [-0.39, 0.29) is 40.5 Å². The summed E-state index contributed by atoms with van der Waals surface area (Å²) < 4.78 is 5.89. The van der Waals surface area contributed by atoms with Crippen LogP contribution >= 0.6 is 11.3 Å². The largest absolute Gasteiger partial charge is 0.419 e. The lowest BCUT2D eigenvalue weighted by atomic mass is 9.94. The van der Waals surface area contributed by atoms with Crippen LogP contribution in [0.4, 0.5) is 5.69 Å². The number of amides is 1. The van der Waals surface area contributed by atoms with E-state index in [0.717, 1.165) is 29.1 Å². The van der Waals surface area contributed by atoms with E-state index < -0.39 is 10.5 Å². The van der Waals surface area contributed by atoms with E-state index in [1.807, 2.05) is 42.6 Å². The Balaban J connectivity index is 1.46. The number of hydrogen-bond acceptors (Lipinski definition) is 9. The number of hydrogen-bond donors (Lipinski definition) is 1. The Morgan fingerprint density at radius 1 is 1.27 bits per heavy atom. The number of nitrogens with zero attached hydrogens (tertiary/aromatic N) is 5. The smallest absolute Gasteiger partial charge is 0.271 e. The molecular formula is C26H26N6O4S. The quantitative estimate of drug-likeness (QED) is 0.271. The monoisotopic (exact) mass is 518 g/mol. The molecule has 3 heterocycles. The van der Waals surface area contributed by atoms with Crippen molar-refractivity contribution in [2.24, 2.45) is 5.73 Å². The fourth-order valence-corrected chi connectivity index (χ4v) is 5.53. The maximum absolute atomic E-state index is 13.6. The van der Waals surface area contributed by atoms with Crippen LogP contribution in [0, 0.1) is 17.0 Å². The van der Waals surface area contributed by atoms with E-state index in [0.29, 0.717) is 13.0 Å². The third-order valence-corrected chi connectivity index (χ3v) is 7.45. The summed E-state index contributed by atoms with van der Waals surface area (Å²) in [5.41, 5.74) is 7.69. The lowest BCUT2D eigenvalue weighted by Crippen LogP contribution is -2.35. The molecule has 1 aliphatic rings. The number of aromatic nitrogens is 3. The van der Waals surface area contributed by atoms with Gasteiger partial charge in [-0.05, 0) is 44.7 Å².